The van der Waals surface area contributed by atoms with Crippen LogP contribution in [-0.2, 0) is 11.8 Å². The molecule has 2 N–H and O–H groups in total. The molecule has 1 aliphatic rings. The number of carbonyl (C=O) groups excluding carboxylic acids is 2. The zero-order valence-corrected chi connectivity index (χ0v) is 9.96. The Balaban J connectivity index is 2.67. The number of amides is 2. The predicted molar refractivity (Wildman–Crippen MR) is 60.4 cm³/mol. The van der Waals surface area contributed by atoms with E-state index < -0.39 is 18.5 Å². The summed E-state index contributed by atoms with van der Waals surface area (Å²) in [5.41, 5.74) is 0.981. The van der Waals surface area contributed by atoms with Gasteiger partial charge >= 0.3 is 0 Å². The minimum atomic E-state index is -4.06. The number of hydrogen-bond donors (Lipinski definition) is 2. The summed E-state index contributed by atoms with van der Waals surface area (Å²) in [6.07, 6.45) is 0. The van der Waals surface area contributed by atoms with Crippen LogP contribution in [0.5, 0.6) is 0 Å². The minimum absolute atomic E-state index is 0.169. The molecule has 0 aliphatic carbocycles. The molecule has 5 nitrogen and oxygen atoms in total. The Hall–Kier alpha value is -1.07. The van der Waals surface area contributed by atoms with Crippen molar-refractivity contribution in [2.75, 3.05) is 0 Å². The molecule has 0 unspecified atom stereocenters. The van der Waals surface area contributed by atoms with Gasteiger partial charge in [0.05, 0.1) is 11.1 Å². The summed E-state index contributed by atoms with van der Waals surface area (Å²) in [4.78, 5) is 42.1. The highest BCUT2D eigenvalue weighted by atomic mass is 32.5. The number of hydrogen-bond acceptors (Lipinski definition) is 3. The molecule has 0 atom stereocenters. The molecule has 7 heteroatoms. The summed E-state index contributed by atoms with van der Waals surface area (Å²) in [5.74, 6) is -1.47. The lowest BCUT2D eigenvalue weighted by Gasteiger charge is -2.17. The first-order valence-electron chi connectivity index (χ1n) is 4.38. The first-order valence-corrected chi connectivity index (χ1v) is 7.04. The number of aryl methyl sites for hydroxylation is 1. The molecule has 0 aromatic heterocycles. The lowest BCUT2D eigenvalue weighted by molar-refractivity contribution is 0.0747. The van der Waals surface area contributed by atoms with Crippen molar-refractivity contribution in [2.24, 2.45) is 0 Å². The third-order valence-electron chi connectivity index (χ3n) is 2.36. The monoisotopic (exact) mass is 257 g/mol. The molecule has 0 saturated heterocycles. The van der Waals surface area contributed by atoms with Crippen LogP contribution in [-0.4, -0.2) is 26.3 Å². The van der Waals surface area contributed by atoms with Crippen LogP contribution in [0.4, 0.5) is 0 Å². The second kappa shape index (κ2) is 3.46. The molecule has 1 aromatic rings. The van der Waals surface area contributed by atoms with Gasteiger partial charge in [-0.3, -0.25) is 9.59 Å². The van der Waals surface area contributed by atoms with E-state index in [0.29, 0.717) is 10.2 Å². The molecule has 0 spiro atoms. The van der Waals surface area contributed by atoms with Gasteiger partial charge in [-0.2, -0.15) is 0 Å². The van der Waals surface area contributed by atoms with Gasteiger partial charge in [0.25, 0.3) is 18.5 Å². The summed E-state index contributed by atoms with van der Waals surface area (Å²) in [6.45, 7) is -2.39. The summed E-state index contributed by atoms with van der Waals surface area (Å²) >= 11 is 4.40. The molecule has 2 rings (SSSR count). The van der Waals surface area contributed by atoms with Crippen LogP contribution in [0.25, 0.3) is 0 Å². The third kappa shape index (κ3) is 1.51. The zero-order valence-electron chi connectivity index (χ0n) is 8.25. The highest BCUT2D eigenvalue weighted by molar-refractivity contribution is 8.08. The molecule has 1 heterocycles. The lowest BCUT2D eigenvalue weighted by atomic mass is 10.0. The molecular formula is C9H8NO4PS. The number of benzene rings is 1. The van der Waals surface area contributed by atoms with E-state index in [2.05, 4.69) is 11.8 Å². The van der Waals surface area contributed by atoms with Crippen molar-refractivity contribution in [2.45, 2.75) is 6.92 Å². The Morgan fingerprint density at radius 1 is 1.25 bits per heavy atom. The maximum absolute atomic E-state index is 11.8. The predicted octanol–water partition coefficient (Wildman–Crippen LogP) is 0.800. The molecule has 2 amide bonds. The van der Waals surface area contributed by atoms with E-state index in [0.717, 1.165) is 0 Å². The second-order valence-electron chi connectivity index (χ2n) is 3.43. The fraction of sp³-hybridized carbons (Fsp3) is 0.111. The van der Waals surface area contributed by atoms with Crippen molar-refractivity contribution in [3.05, 3.63) is 34.9 Å². The molecular weight excluding hydrogens is 249 g/mol. The molecule has 0 radical (unpaired) electrons. The summed E-state index contributed by atoms with van der Waals surface area (Å²) in [6, 6.07) is 4.76. The van der Waals surface area contributed by atoms with Crippen molar-refractivity contribution in [1.82, 2.24) is 4.67 Å². The molecule has 1 aromatic carbocycles. The smallest absolute Gasteiger partial charge is 0.294 e. The number of fused-ring (bicyclic) bond motifs is 1. The van der Waals surface area contributed by atoms with Gasteiger partial charge in [-0.25, -0.2) is 4.67 Å². The van der Waals surface area contributed by atoms with Crippen LogP contribution in [0.3, 0.4) is 0 Å². The minimum Gasteiger partial charge on any atom is -0.329 e. The topological polar surface area (TPSA) is 77.8 Å². The third-order valence-corrected chi connectivity index (χ3v) is 3.74. The van der Waals surface area contributed by atoms with Gasteiger partial charge in [-0.1, -0.05) is 12.1 Å². The van der Waals surface area contributed by atoms with E-state index in [4.69, 9.17) is 0 Å². The van der Waals surface area contributed by atoms with Gasteiger partial charge in [0, 0.05) is 0 Å². The number of nitrogens with zero attached hydrogens (tertiary/aromatic N) is 1. The molecule has 0 bridgehead atoms. The highest BCUT2D eigenvalue weighted by Gasteiger charge is 2.43. The standard InChI is InChI=1S/C9H8NO4PS/c1-5-3-2-4-6-7(5)9(12)10(8(6)11)15(13,14)16/h2-4H,1H3,(H2,13,14,16). The Morgan fingerprint density at radius 2 is 1.88 bits per heavy atom. The van der Waals surface area contributed by atoms with Crippen molar-refractivity contribution >= 4 is 30.3 Å². The van der Waals surface area contributed by atoms with E-state index in [-0.39, 0.29) is 11.1 Å². The van der Waals surface area contributed by atoms with Crippen LogP contribution in [0, 0.1) is 6.92 Å². The Bertz CT molecular complexity index is 550. The van der Waals surface area contributed by atoms with Crippen molar-refractivity contribution in [1.29, 1.82) is 0 Å². The SMILES string of the molecule is Cc1cccc2c1C(=O)N(P(O)(O)=S)C2=O. The van der Waals surface area contributed by atoms with Gasteiger partial charge in [-0.15, -0.1) is 0 Å². The zero-order chi connectivity index (χ0) is 12.1. The highest BCUT2D eigenvalue weighted by Crippen LogP contribution is 2.46. The summed E-state index contributed by atoms with van der Waals surface area (Å²) in [7, 11) is 0. The maximum atomic E-state index is 11.8. The van der Waals surface area contributed by atoms with Crippen LogP contribution < -0.4 is 0 Å². The van der Waals surface area contributed by atoms with Crippen LogP contribution in [0.15, 0.2) is 18.2 Å². The van der Waals surface area contributed by atoms with Gasteiger partial charge in [-0.05, 0) is 30.4 Å². The first-order chi connectivity index (χ1) is 7.34. The number of carbonyl (C=O) groups is 2. The Kier molecular flexibility index (Phi) is 2.47. The van der Waals surface area contributed by atoms with Gasteiger partial charge in [0.1, 0.15) is 0 Å². The van der Waals surface area contributed by atoms with Crippen molar-refractivity contribution in [3.8, 4) is 0 Å². The molecule has 16 heavy (non-hydrogen) atoms. The number of imide groups is 1. The largest absolute Gasteiger partial charge is 0.329 e. The average molecular weight is 257 g/mol. The molecule has 0 saturated carbocycles. The van der Waals surface area contributed by atoms with Crippen molar-refractivity contribution < 1.29 is 19.4 Å². The fourth-order valence-electron chi connectivity index (χ4n) is 1.68. The van der Waals surface area contributed by atoms with Gasteiger partial charge in [0.2, 0.25) is 0 Å². The van der Waals surface area contributed by atoms with Crippen LogP contribution in [0.1, 0.15) is 26.3 Å². The van der Waals surface area contributed by atoms with E-state index >= 15 is 0 Å². The quantitative estimate of drug-likeness (QED) is 0.574. The average Bonchev–Trinajstić information content (AvgIpc) is 2.39. The van der Waals surface area contributed by atoms with Gasteiger partial charge < -0.3 is 9.79 Å². The second-order valence-corrected chi connectivity index (χ2v) is 6.33. The van der Waals surface area contributed by atoms with Crippen LogP contribution >= 0.6 is 6.64 Å². The Morgan fingerprint density at radius 3 is 2.38 bits per heavy atom. The fourth-order valence-corrected chi connectivity index (χ4v) is 2.80. The maximum Gasteiger partial charge on any atom is 0.294 e. The number of rotatable bonds is 1. The Labute approximate surface area is 96.5 Å². The summed E-state index contributed by atoms with van der Waals surface area (Å²) in [5, 5.41) is 0. The van der Waals surface area contributed by atoms with Crippen LogP contribution in [0.2, 0.25) is 0 Å². The van der Waals surface area contributed by atoms with E-state index in [1.165, 1.54) is 6.07 Å². The van der Waals surface area contributed by atoms with E-state index in [9.17, 15) is 19.4 Å². The van der Waals surface area contributed by atoms with Gasteiger partial charge in [0.15, 0.2) is 0 Å². The van der Waals surface area contributed by atoms with Crippen molar-refractivity contribution in [3.63, 3.8) is 0 Å². The van der Waals surface area contributed by atoms with E-state index in [1.807, 2.05) is 0 Å². The molecule has 0 fully saturated rings. The normalized spacial score (nSPS) is 15.6. The summed E-state index contributed by atoms with van der Waals surface area (Å²) < 4.78 is 0.375. The molecule has 1 aliphatic heterocycles. The lowest BCUT2D eigenvalue weighted by Crippen LogP contribution is -2.26. The van der Waals surface area contributed by atoms with E-state index in [1.54, 1.807) is 19.1 Å². The first kappa shape index (κ1) is 11.4. The molecule has 84 valence electrons.